The summed E-state index contributed by atoms with van der Waals surface area (Å²) < 4.78 is 0. The second kappa shape index (κ2) is 5.21. The van der Waals surface area contributed by atoms with Crippen LogP contribution in [-0.4, -0.2) is 28.9 Å². The molecule has 1 aromatic rings. The van der Waals surface area contributed by atoms with Crippen molar-refractivity contribution in [3.63, 3.8) is 0 Å². The lowest BCUT2D eigenvalue weighted by Gasteiger charge is -2.10. The van der Waals surface area contributed by atoms with E-state index in [0.29, 0.717) is 5.56 Å². The van der Waals surface area contributed by atoms with Crippen LogP contribution in [0.5, 0.6) is 0 Å². The first-order valence-corrected chi connectivity index (χ1v) is 6.48. The SMILES string of the molecule is NC(=O)c1ccc(NCC2CCSC2)nc1. The van der Waals surface area contributed by atoms with Crippen molar-refractivity contribution >= 4 is 23.5 Å². The van der Waals surface area contributed by atoms with Gasteiger partial charge < -0.3 is 11.1 Å². The van der Waals surface area contributed by atoms with Crippen molar-refractivity contribution in [1.29, 1.82) is 0 Å². The predicted molar refractivity (Wildman–Crippen MR) is 66.7 cm³/mol. The molecule has 86 valence electrons. The number of hydrogen-bond donors (Lipinski definition) is 2. The van der Waals surface area contributed by atoms with E-state index < -0.39 is 5.91 Å². The number of aromatic nitrogens is 1. The fraction of sp³-hybridized carbons (Fsp3) is 0.455. The minimum atomic E-state index is -0.439. The molecule has 0 radical (unpaired) electrons. The number of nitrogens with two attached hydrogens (primary N) is 1. The van der Waals surface area contributed by atoms with Crippen LogP contribution < -0.4 is 11.1 Å². The molecule has 0 saturated carbocycles. The molecule has 1 atom stereocenters. The van der Waals surface area contributed by atoms with E-state index in [1.165, 1.54) is 24.1 Å². The summed E-state index contributed by atoms with van der Waals surface area (Å²) in [6.45, 7) is 0.954. The van der Waals surface area contributed by atoms with Crippen LogP contribution in [0.2, 0.25) is 0 Å². The Hall–Kier alpha value is -1.23. The summed E-state index contributed by atoms with van der Waals surface area (Å²) in [6, 6.07) is 3.49. The van der Waals surface area contributed by atoms with Gasteiger partial charge in [0.2, 0.25) is 5.91 Å². The fourth-order valence-corrected chi connectivity index (χ4v) is 2.92. The van der Waals surface area contributed by atoms with E-state index in [-0.39, 0.29) is 0 Å². The Morgan fingerprint density at radius 1 is 1.62 bits per heavy atom. The lowest BCUT2D eigenvalue weighted by Crippen LogP contribution is -2.15. The number of anilines is 1. The number of nitrogens with one attached hydrogen (secondary N) is 1. The van der Waals surface area contributed by atoms with Crippen LogP contribution in [0.1, 0.15) is 16.8 Å². The van der Waals surface area contributed by atoms with Gasteiger partial charge >= 0.3 is 0 Å². The smallest absolute Gasteiger partial charge is 0.250 e. The van der Waals surface area contributed by atoms with E-state index in [4.69, 9.17) is 5.73 Å². The van der Waals surface area contributed by atoms with Crippen LogP contribution in [0.25, 0.3) is 0 Å². The Morgan fingerprint density at radius 3 is 3.06 bits per heavy atom. The molecule has 1 aromatic heterocycles. The Labute approximate surface area is 99.0 Å². The van der Waals surface area contributed by atoms with Crippen molar-refractivity contribution < 1.29 is 4.79 Å². The van der Waals surface area contributed by atoms with Gasteiger partial charge in [-0.05, 0) is 36.0 Å². The first-order chi connectivity index (χ1) is 7.75. The lowest BCUT2D eigenvalue weighted by molar-refractivity contribution is 0.1000. The van der Waals surface area contributed by atoms with E-state index in [2.05, 4.69) is 10.3 Å². The zero-order chi connectivity index (χ0) is 11.4. The summed E-state index contributed by atoms with van der Waals surface area (Å²) in [4.78, 5) is 15.0. The van der Waals surface area contributed by atoms with Crippen molar-refractivity contribution in [2.75, 3.05) is 23.4 Å². The molecule has 4 nitrogen and oxygen atoms in total. The standard InChI is InChI=1S/C11H15N3OS/c12-11(15)9-1-2-10(14-6-9)13-5-8-3-4-16-7-8/h1-2,6,8H,3-5,7H2,(H2,12,15)(H,13,14). The minimum absolute atomic E-state index is 0.439. The number of carbonyl (C=O) groups is 1. The highest BCUT2D eigenvalue weighted by Crippen LogP contribution is 2.23. The first-order valence-electron chi connectivity index (χ1n) is 5.33. The zero-order valence-corrected chi connectivity index (χ0v) is 9.80. The Morgan fingerprint density at radius 2 is 2.50 bits per heavy atom. The fourth-order valence-electron chi connectivity index (χ4n) is 1.64. The molecular formula is C11H15N3OS. The topological polar surface area (TPSA) is 68.0 Å². The highest BCUT2D eigenvalue weighted by molar-refractivity contribution is 7.99. The maximum atomic E-state index is 10.8. The Balaban J connectivity index is 1.87. The van der Waals surface area contributed by atoms with Gasteiger partial charge in [-0.15, -0.1) is 0 Å². The molecule has 3 N–H and O–H groups in total. The summed E-state index contributed by atoms with van der Waals surface area (Å²) in [6.07, 6.45) is 2.78. The number of carbonyl (C=O) groups excluding carboxylic acids is 1. The molecule has 0 aromatic carbocycles. The first kappa shape index (κ1) is 11.3. The van der Waals surface area contributed by atoms with E-state index >= 15 is 0 Å². The molecule has 1 unspecified atom stereocenters. The van der Waals surface area contributed by atoms with Crippen LogP contribution in [0.4, 0.5) is 5.82 Å². The van der Waals surface area contributed by atoms with Gasteiger partial charge in [0.15, 0.2) is 0 Å². The molecule has 0 spiro atoms. The summed E-state index contributed by atoms with van der Waals surface area (Å²) >= 11 is 2.00. The number of primary amides is 1. The third-order valence-corrected chi connectivity index (χ3v) is 3.88. The highest BCUT2D eigenvalue weighted by Gasteiger charge is 2.14. The largest absolute Gasteiger partial charge is 0.370 e. The second-order valence-electron chi connectivity index (χ2n) is 3.91. The van der Waals surface area contributed by atoms with Gasteiger partial charge in [0, 0.05) is 12.7 Å². The average molecular weight is 237 g/mol. The molecule has 2 rings (SSSR count). The Bertz CT molecular complexity index is 360. The molecule has 5 heteroatoms. The molecular weight excluding hydrogens is 222 g/mol. The van der Waals surface area contributed by atoms with Crippen LogP contribution in [0, 0.1) is 5.92 Å². The summed E-state index contributed by atoms with van der Waals surface area (Å²) in [5, 5.41) is 3.28. The van der Waals surface area contributed by atoms with Crippen molar-refractivity contribution in [3.05, 3.63) is 23.9 Å². The van der Waals surface area contributed by atoms with Crippen LogP contribution >= 0.6 is 11.8 Å². The van der Waals surface area contributed by atoms with Crippen molar-refractivity contribution in [3.8, 4) is 0 Å². The lowest BCUT2D eigenvalue weighted by atomic mass is 10.1. The van der Waals surface area contributed by atoms with E-state index in [9.17, 15) is 4.79 Å². The van der Waals surface area contributed by atoms with Gasteiger partial charge in [-0.3, -0.25) is 4.79 Å². The van der Waals surface area contributed by atoms with Crippen molar-refractivity contribution in [2.45, 2.75) is 6.42 Å². The molecule has 1 amide bonds. The molecule has 1 aliphatic heterocycles. The van der Waals surface area contributed by atoms with E-state index in [1.54, 1.807) is 12.1 Å². The van der Waals surface area contributed by atoms with Crippen molar-refractivity contribution in [1.82, 2.24) is 4.98 Å². The zero-order valence-electron chi connectivity index (χ0n) is 8.98. The second-order valence-corrected chi connectivity index (χ2v) is 5.06. The maximum Gasteiger partial charge on any atom is 0.250 e. The minimum Gasteiger partial charge on any atom is -0.370 e. The van der Waals surface area contributed by atoms with Crippen LogP contribution in [-0.2, 0) is 0 Å². The monoisotopic (exact) mass is 237 g/mol. The molecule has 16 heavy (non-hydrogen) atoms. The molecule has 0 aliphatic carbocycles. The van der Waals surface area contributed by atoms with Crippen LogP contribution in [0.15, 0.2) is 18.3 Å². The van der Waals surface area contributed by atoms with Crippen molar-refractivity contribution in [2.24, 2.45) is 11.7 Å². The normalized spacial score (nSPS) is 19.6. The van der Waals surface area contributed by atoms with Crippen LogP contribution in [0.3, 0.4) is 0 Å². The molecule has 1 aliphatic rings. The van der Waals surface area contributed by atoms with Gasteiger partial charge in [-0.25, -0.2) is 4.98 Å². The highest BCUT2D eigenvalue weighted by atomic mass is 32.2. The predicted octanol–water partition coefficient (Wildman–Crippen LogP) is 1.35. The van der Waals surface area contributed by atoms with Gasteiger partial charge in [0.05, 0.1) is 5.56 Å². The molecule has 0 bridgehead atoms. The quantitative estimate of drug-likeness (QED) is 0.829. The number of hydrogen-bond acceptors (Lipinski definition) is 4. The maximum absolute atomic E-state index is 10.8. The molecule has 2 heterocycles. The summed E-state index contributed by atoms with van der Waals surface area (Å²) in [5.74, 6) is 3.60. The number of rotatable bonds is 4. The molecule has 1 saturated heterocycles. The van der Waals surface area contributed by atoms with Gasteiger partial charge in [-0.2, -0.15) is 11.8 Å². The average Bonchev–Trinajstić information content (AvgIpc) is 2.80. The number of thioether (sulfide) groups is 1. The van der Waals surface area contributed by atoms with E-state index in [0.717, 1.165) is 18.3 Å². The van der Waals surface area contributed by atoms with Gasteiger partial charge in [0.1, 0.15) is 5.82 Å². The third-order valence-electron chi connectivity index (χ3n) is 2.64. The number of nitrogens with zero attached hydrogens (tertiary/aromatic N) is 1. The van der Waals surface area contributed by atoms with Gasteiger partial charge in [-0.1, -0.05) is 0 Å². The number of pyridine rings is 1. The van der Waals surface area contributed by atoms with E-state index in [1.807, 2.05) is 11.8 Å². The molecule has 1 fully saturated rings. The third kappa shape index (κ3) is 2.88. The summed E-state index contributed by atoms with van der Waals surface area (Å²) in [7, 11) is 0. The summed E-state index contributed by atoms with van der Waals surface area (Å²) in [5.41, 5.74) is 5.58. The Kier molecular flexibility index (Phi) is 3.66. The van der Waals surface area contributed by atoms with Gasteiger partial charge in [0.25, 0.3) is 0 Å². The number of amides is 1.